The molecule has 1 fully saturated rings. The van der Waals surface area contributed by atoms with Gasteiger partial charge in [0.1, 0.15) is 0 Å². The summed E-state index contributed by atoms with van der Waals surface area (Å²) >= 11 is 0. The van der Waals surface area contributed by atoms with Crippen LogP contribution in [0.2, 0.25) is 0 Å². The molecule has 21 heavy (non-hydrogen) atoms. The first kappa shape index (κ1) is 15.9. The number of piperazine rings is 1. The molecule has 0 saturated carbocycles. The van der Waals surface area contributed by atoms with E-state index in [1.54, 1.807) is 0 Å². The van der Waals surface area contributed by atoms with Gasteiger partial charge < -0.3 is 9.80 Å². The van der Waals surface area contributed by atoms with Crippen LogP contribution in [-0.2, 0) is 4.79 Å². The molecule has 0 bridgehead atoms. The minimum atomic E-state index is -0.280. The summed E-state index contributed by atoms with van der Waals surface area (Å²) < 4.78 is 0. The van der Waals surface area contributed by atoms with Crippen LogP contribution in [0.1, 0.15) is 37.5 Å². The zero-order chi connectivity index (χ0) is 15.8. The van der Waals surface area contributed by atoms with Crippen molar-refractivity contribution in [1.29, 1.82) is 0 Å². The largest absolute Gasteiger partial charge is 0.368 e. The predicted molar refractivity (Wildman–Crippen MR) is 88.9 cm³/mol. The first-order chi connectivity index (χ1) is 9.70. The van der Waals surface area contributed by atoms with Gasteiger partial charge >= 0.3 is 0 Å². The Balaban J connectivity index is 2.10. The molecule has 1 amide bonds. The lowest BCUT2D eigenvalue weighted by molar-refractivity contribution is -0.139. The van der Waals surface area contributed by atoms with Crippen molar-refractivity contribution in [2.24, 2.45) is 5.41 Å². The number of aryl methyl sites for hydroxylation is 3. The van der Waals surface area contributed by atoms with E-state index in [0.717, 1.165) is 26.2 Å². The molecule has 0 aliphatic carbocycles. The smallest absolute Gasteiger partial charge is 0.228 e. The first-order valence-electron chi connectivity index (χ1n) is 7.82. The highest BCUT2D eigenvalue weighted by atomic mass is 16.2. The highest BCUT2D eigenvalue weighted by Gasteiger charge is 2.30. The van der Waals surface area contributed by atoms with Crippen LogP contribution in [0, 0.1) is 26.2 Å². The highest BCUT2D eigenvalue weighted by Crippen LogP contribution is 2.28. The minimum Gasteiger partial charge on any atom is -0.368 e. The van der Waals surface area contributed by atoms with Crippen LogP contribution in [0.25, 0.3) is 0 Å². The normalized spacial score (nSPS) is 16.3. The quantitative estimate of drug-likeness (QED) is 0.791. The van der Waals surface area contributed by atoms with Gasteiger partial charge in [0.25, 0.3) is 0 Å². The number of rotatable bonds is 1. The van der Waals surface area contributed by atoms with Crippen molar-refractivity contribution in [2.45, 2.75) is 41.5 Å². The highest BCUT2D eigenvalue weighted by molar-refractivity contribution is 5.81. The number of carbonyl (C=O) groups is 1. The maximum absolute atomic E-state index is 12.3. The van der Waals surface area contributed by atoms with Crippen LogP contribution in [0.3, 0.4) is 0 Å². The first-order valence-corrected chi connectivity index (χ1v) is 7.82. The second-order valence-electron chi connectivity index (χ2n) is 7.28. The van der Waals surface area contributed by atoms with Crippen molar-refractivity contribution in [3.05, 3.63) is 28.8 Å². The summed E-state index contributed by atoms with van der Waals surface area (Å²) in [5.74, 6) is 0.263. The van der Waals surface area contributed by atoms with Crippen molar-refractivity contribution in [3.8, 4) is 0 Å². The summed E-state index contributed by atoms with van der Waals surface area (Å²) in [6, 6.07) is 4.49. The van der Waals surface area contributed by atoms with E-state index < -0.39 is 0 Å². The van der Waals surface area contributed by atoms with Crippen LogP contribution in [-0.4, -0.2) is 37.0 Å². The Morgan fingerprint density at radius 2 is 1.43 bits per heavy atom. The van der Waals surface area contributed by atoms with Crippen molar-refractivity contribution in [2.75, 3.05) is 31.1 Å². The Kier molecular flexibility index (Phi) is 4.31. The van der Waals surface area contributed by atoms with E-state index >= 15 is 0 Å². The number of hydrogen-bond donors (Lipinski definition) is 0. The molecule has 1 aliphatic rings. The Bertz CT molecular complexity index is 512. The average molecular weight is 288 g/mol. The molecule has 116 valence electrons. The Morgan fingerprint density at radius 1 is 0.952 bits per heavy atom. The van der Waals surface area contributed by atoms with Gasteiger partial charge in [-0.3, -0.25) is 4.79 Å². The van der Waals surface area contributed by atoms with Crippen LogP contribution in [0.5, 0.6) is 0 Å². The fourth-order valence-electron chi connectivity index (χ4n) is 3.28. The molecule has 1 heterocycles. The monoisotopic (exact) mass is 288 g/mol. The Labute approximate surface area is 128 Å². The molecule has 0 spiro atoms. The van der Waals surface area contributed by atoms with E-state index in [-0.39, 0.29) is 11.3 Å². The second kappa shape index (κ2) is 5.70. The van der Waals surface area contributed by atoms with E-state index in [4.69, 9.17) is 0 Å². The maximum Gasteiger partial charge on any atom is 0.228 e. The third-order valence-electron chi connectivity index (χ3n) is 4.16. The molecule has 0 N–H and O–H groups in total. The van der Waals surface area contributed by atoms with E-state index in [0.29, 0.717) is 0 Å². The standard InChI is InChI=1S/C18H28N2O/c1-13-11-14(2)16(15(3)12-13)19-7-9-20(10-8-19)17(21)18(4,5)6/h11-12H,7-10H2,1-6H3. The van der Waals surface area contributed by atoms with Crippen LogP contribution < -0.4 is 4.90 Å². The number of nitrogens with zero attached hydrogens (tertiary/aromatic N) is 2. The van der Waals surface area contributed by atoms with Crippen molar-refractivity contribution >= 4 is 11.6 Å². The summed E-state index contributed by atoms with van der Waals surface area (Å²) in [5, 5.41) is 0. The van der Waals surface area contributed by atoms with Crippen molar-refractivity contribution in [1.82, 2.24) is 4.90 Å². The number of hydrogen-bond acceptors (Lipinski definition) is 2. The fraction of sp³-hybridized carbons (Fsp3) is 0.611. The van der Waals surface area contributed by atoms with E-state index in [1.165, 1.54) is 22.4 Å². The van der Waals surface area contributed by atoms with Crippen molar-refractivity contribution in [3.63, 3.8) is 0 Å². The lowest BCUT2D eigenvalue weighted by atomic mass is 9.94. The summed E-state index contributed by atoms with van der Waals surface area (Å²) in [7, 11) is 0. The zero-order valence-electron chi connectivity index (χ0n) is 14.3. The fourth-order valence-corrected chi connectivity index (χ4v) is 3.28. The molecule has 1 aromatic carbocycles. The van der Waals surface area contributed by atoms with Gasteiger partial charge in [-0.25, -0.2) is 0 Å². The summed E-state index contributed by atoms with van der Waals surface area (Å²) in [5.41, 5.74) is 5.06. The minimum absolute atomic E-state index is 0.263. The van der Waals surface area contributed by atoms with Crippen LogP contribution in [0.4, 0.5) is 5.69 Å². The third kappa shape index (κ3) is 3.39. The molecule has 3 nitrogen and oxygen atoms in total. The molecule has 2 rings (SSSR count). The molecule has 0 radical (unpaired) electrons. The van der Waals surface area contributed by atoms with Gasteiger partial charge in [-0.1, -0.05) is 38.5 Å². The van der Waals surface area contributed by atoms with Crippen LogP contribution >= 0.6 is 0 Å². The van der Waals surface area contributed by atoms with Gasteiger partial charge in [0.05, 0.1) is 0 Å². The molecule has 3 heteroatoms. The summed E-state index contributed by atoms with van der Waals surface area (Å²) in [6.45, 7) is 16.0. The average Bonchev–Trinajstić information content (AvgIpc) is 2.36. The lowest BCUT2D eigenvalue weighted by Gasteiger charge is -2.39. The molecule has 0 unspecified atom stereocenters. The van der Waals surface area contributed by atoms with Crippen LogP contribution in [0.15, 0.2) is 12.1 Å². The maximum atomic E-state index is 12.3. The molecule has 1 aromatic rings. The van der Waals surface area contributed by atoms with E-state index in [9.17, 15) is 4.79 Å². The second-order valence-corrected chi connectivity index (χ2v) is 7.28. The lowest BCUT2D eigenvalue weighted by Crippen LogP contribution is -2.52. The Hall–Kier alpha value is -1.51. The van der Waals surface area contributed by atoms with Crippen molar-refractivity contribution < 1.29 is 4.79 Å². The third-order valence-corrected chi connectivity index (χ3v) is 4.16. The summed E-state index contributed by atoms with van der Waals surface area (Å²) in [4.78, 5) is 16.8. The van der Waals surface area contributed by atoms with E-state index in [2.05, 4.69) is 37.8 Å². The zero-order valence-corrected chi connectivity index (χ0v) is 14.3. The molecule has 1 saturated heterocycles. The SMILES string of the molecule is Cc1cc(C)c(N2CCN(C(=O)C(C)(C)C)CC2)c(C)c1. The summed E-state index contributed by atoms with van der Waals surface area (Å²) in [6.07, 6.45) is 0. The van der Waals surface area contributed by atoms with E-state index in [1.807, 2.05) is 25.7 Å². The molecule has 1 aliphatic heterocycles. The molecule has 0 atom stereocenters. The predicted octanol–water partition coefficient (Wildman–Crippen LogP) is 3.31. The van der Waals surface area contributed by atoms with Gasteiger partial charge in [0, 0.05) is 37.3 Å². The van der Waals surface area contributed by atoms with Gasteiger partial charge in [-0.2, -0.15) is 0 Å². The van der Waals surface area contributed by atoms with Gasteiger partial charge in [0.15, 0.2) is 0 Å². The Morgan fingerprint density at radius 3 is 1.86 bits per heavy atom. The molecule has 0 aromatic heterocycles. The number of anilines is 1. The van der Waals surface area contributed by atoms with Gasteiger partial charge in [-0.05, 0) is 31.9 Å². The topological polar surface area (TPSA) is 23.6 Å². The van der Waals surface area contributed by atoms with Gasteiger partial charge in [-0.15, -0.1) is 0 Å². The number of amides is 1. The van der Waals surface area contributed by atoms with Gasteiger partial charge in [0.2, 0.25) is 5.91 Å². The molecular formula is C18H28N2O. The number of benzene rings is 1. The number of carbonyl (C=O) groups excluding carboxylic acids is 1. The molecular weight excluding hydrogens is 260 g/mol.